The number of nitrogens with zero attached hydrogens (tertiary/aromatic N) is 3. The Kier molecular flexibility index (Phi) is 8.79. The molecule has 27 heavy (non-hydrogen) atoms. The standard InChI is InChI=1S/C19H36N4O4/c1-21(2)17(15-7-5-4-6-8-15)11-20-19(26)23-9-10-27-16(13-23)12-22(3)14-18(24)25/h15-17H,4-14H2,1-3H3,(H,20,26)(H,24,25). The summed E-state index contributed by atoms with van der Waals surface area (Å²) in [5, 5.41) is 12.0. The SMILES string of the molecule is CN(CC(=O)O)CC1CN(C(=O)NCC(C2CCCCC2)N(C)C)CCO1. The molecule has 156 valence electrons. The summed E-state index contributed by atoms with van der Waals surface area (Å²) < 4.78 is 5.71. The Morgan fingerprint density at radius 1 is 1.22 bits per heavy atom. The van der Waals surface area contributed by atoms with Crippen molar-refractivity contribution in [3.8, 4) is 0 Å². The predicted octanol–water partition coefficient (Wildman–Crippen LogP) is 0.924. The van der Waals surface area contributed by atoms with E-state index in [2.05, 4.69) is 24.3 Å². The monoisotopic (exact) mass is 384 g/mol. The van der Waals surface area contributed by atoms with Crippen LogP contribution in [0.1, 0.15) is 32.1 Å². The van der Waals surface area contributed by atoms with Gasteiger partial charge in [-0.1, -0.05) is 19.3 Å². The van der Waals surface area contributed by atoms with E-state index in [1.165, 1.54) is 32.1 Å². The molecule has 1 aliphatic heterocycles. The molecule has 0 radical (unpaired) electrons. The number of rotatable bonds is 8. The molecule has 0 bridgehead atoms. The molecule has 2 fully saturated rings. The highest BCUT2D eigenvalue weighted by Gasteiger charge is 2.28. The lowest BCUT2D eigenvalue weighted by Gasteiger charge is -2.37. The van der Waals surface area contributed by atoms with E-state index in [1.807, 2.05) is 0 Å². The quantitative estimate of drug-likeness (QED) is 0.647. The second-order valence-electron chi connectivity index (χ2n) is 8.14. The van der Waals surface area contributed by atoms with Crippen LogP contribution in [0, 0.1) is 5.92 Å². The highest BCUT2D eigenvalue weighted by Crippen LogP contribution is 2.28. The third-order valence-electron chi connectivity index (χ3n) is 5.67. The molecular weight excluding hydrogens is 348 g/mol. The lowest BCUT2D eigenvalue weighted by atomic mass is 9.83. The topological polar surface area (TPSA) is 85.4 Å². The zero-order valence-electron chi connectivity index (χ0n) is 17.0. The smallest absolute Gasteiger partial charge is 0.317 e. The van der Waals surface area contributed by atoms with Gasteiger partial charge in [0.2, 0.25) is 0 Å². The second-order valence-corrected chi connectivity index (χ2v) is 8.14. The summed E-state index contributed by atoms with van der Waals surface area (Å²) in [6.07, 6.45) is 6.24. The molecule has 0 aromatic carbocycles. The van der Waals surface area contributed by atoms with Crippen LogP contribution >= 0.6 is 0 Å². The minimum Gasteiger partial charge on any atom is -0.480 e. The number of nitrogens with one attached hydrogen (secondary N) is 1. The van der Waals surface area contributed by atoms with Gasteiger partial charge < -0.3 is 25.0 Å². The zero-order valence-corrected chi connectivity index (χ0v) is 17.0. The molecule has 0 aromatic rings. The van der Waals surface area contributed by atoms with E-state index in [4.69, 9.17) is 9.84 Å². The second kappa shape index (κ2) is 10.8. The number of hydrogen-bond acceptors (Lipinski definition) is 5. The van der Waals surface area contributed by atoms with Gasteiger partial charge in [-0.2, -0.15) is 0 Å². The highest BCUT2D eigenvalue weighted by atomic mass is 16.5. The number of urea groups is 1. The van der Waals surface area contributed by atoms with Crippen LogP contribution in [0.5, 0.6) is 0 Å². The number of ether oxygens (including phenoxy) is 1. The Hall–Kier alpha value is -1.38. The van der Waals surface area contributed by atoms with E-state index in [1.54, 1.807) is 16.8 Å². The summed E-state index contributed by atoms with van der Waals surface area (Å²) in [7, 11) is 5.94. The van der Waals surface area contributed by atoms with Crippen LogP contribution in [0.4, 0.5) is 4.79 Å². The first-order valence-electron chi connectivity index (χ1n) is 10.1. The number of amides is 2. The van der Waals surface area contributed by atoms with Gasteiger partial charge in [0.15, 0.2) is 0 Å². The van der Waals surface area contributed by atoms with Crippen molar-refractivity contribution in [2.24, 2.45) is 5.92 Å². The van der Waals surface area contributed by atoms with Gasteiger partial charge in [0, 0.05) is 32.2 Å². The molecule has 2 aliphatic rings. The van der Waals surface area contributed by atoms with Crippen molar-refractivity contribution >= 4 is 12.0 Å². The fourth-order valence-corrected chi connectivity index (χ4v) is 4.25. The van der Waals surface area contributed by atoms with E-state index in [-0.39, 0.29) is 18.7 Å². The third kappa shape index (κ3) is 7.27. The fraction of sp³-hybridized carbons (Fsp3) is 0.895. The molecule has 1 aliphatic carbocycles. The summed E-state index contributed by atoms with van der Waals surface area (Å²) in [6, 6.07) is 0.319. The first-order valence-corrected chi connectivity index (χ1v) is 10.1. The van der Waals surface area contributed by atoms with Gasteiger partial charge in [0.1, 0.15) is 0 Å². The first kappa shape index (κ1) is 21.9. The molecule has 2 unspecified atom stereocenters. The maximum absolute atomic E-state index is 12.7. The number of morpholine rings is 1. The van der Waals surface area contributed by atoms with E-state index in [0.29, 0.717) is 44.7 Å². The van der Waals surface area contributed by atoms with Gasteiger partial charge in [-0.05, 0) is 39.9 Å². The molecule has 1 saturated heterocycles. The van der Waals surface area contributed by atoms with Crippen molar-refractivity contribution in [2.75, 3.05) is 60.5 Å². The van der Waals surface area contributed by atoms with E-state index < -0.39 is 5.97 Å². The van der Waals surface area contributed by atoms with Gasteiger partial charge in [0.05, 0.1) is 19.3 Å². The third-order valence-corrected chi connectivity index (χ3v) is 5.67. The van der Waals surface area contributed by atoms with Crippen molar-refractivity contribution < 1.29 is 19.4 Å². The number of carboxylic acids is 1. The summed E-state index contributed by atoms with van der Waals surface area (Å²) in [5.74, 6) is -0.212. The summed E-state index contributed by atoms with van der Waals surface area (Å²) in [6.45, 7) is 2.68. The van der Waals surface area contributed by atoms with Crippen LogP contribution in [0.25, 0.3) is 0 Å². The zero-order chi connectivity index (χ0) is 19.8. The van der Waals surface area contributed by atoms with Crippen molar-refractivity contribution in [1.82, 2.24) is 20.0 Å². The number of carboxylic acid groups (broad SMARTS) is 1. The largest absolute Gasteiger partial charge is 0.480 e. The Balaban J connectivity index is 1.80. The van der Waals surface area contributed by atoms with Gasteiger partial charge >= 0.3 is 12.0 Å². The van der Waals surface area contributed by atoms with Crippen molar-refractivity contribution in [3.63, 3.8) is 0 Å². The Bertz CT molecular complexity index is 482. The van der Waals surface area contributed by atoms with Gasteiger partial charge in [-0.3, -0.25) is 9.69 Å². The number of hydrogen-bond donors (Lipinski definition) is 2. The maximum Gasteiger partial charge on any atom is 0.317 e. The highest BCUT2D eigenvalue weighted by molar-refractivity contribution is 5.74. The van der Waals surface area contributed by atoms with Crippen molar-refractivity contribution in [3.05, 3.63) is 0 Å². The van der Waals surface area contributed by atoms with Gasteiger partial charge in [0.25, 0.3) is 0 Å². The molecule has 1 heterocycles. The first-order chi connectivity index (χ1) is 12.9. The molecule has 2 rings (SSSR count). The molecular formula is C19H36N4O4. The molecule has 0 spiro atoms. The summed E-state index contributed by atoms with van der Waals surface area (Å²) in [4.78, 5) is 29.2. The number of likely N-dealkylation sites (N-methyl/N-ethyl adjacent to an activating group) is 2. The number of aliphatic carboxylic acids is 1. The van der Waals surface area contributed by atoms with E-state index in [0.717, 1.165) is 0 Å². The van der Waals surface area contributed by atoms with Crippen LogP contribution in [-0.4, -0.2) is 104 Å². The Morgan fingerprint density at radius 2 is 1.93 bits per heavy atom. The average Bonchev–Trinajstić information content (AvgIpc) is 2.61. The van der Waals surface area contributed by atoms with Crippen LogP contribution < -0.4 is 5.32 Å². The Morgan fingerprint density at radius 3 is 2.56 bits per heavy atom. The molecule has 1 saturated carbocycles. The molecule has 8 nitrogen and oxygen atoms in total. The molecule has 0 aromatic heterocycles. The summed E-state index contributed by atoms with van der Waals surface area (Å²) in [5.41, 5.74) is 0. The normalized spacial score (nSPS) is 22.9. The molecule has 2 atom stereocenters. The minimum absolute atomic E-state index is 0.0298. The summed E-state index contributed by atoms with van der Waals surface area (Å²) >= 11 is 0. The average molecular weight is 385 g/mol. The van der Waals surface area contributed by atoms with Crippen molar-refractivity contribution in [1.29, 1.82) is 0 Å². The van der Waals surface area contributed by atoms with E-state index >= 15 is 0 Å². The van der Waals surface area contributed by atoms with Gasteiger partial charge in [-0.25, -0.2) is 4.79 Å². The van der Waals surface area contributed by atoms with Crippen LogP contribution in [0.15, 0.2) is 0 Å². The maximum atomic E-state index is 12.7. The molecule has 2 amide bonds. The van der Waals surface area contributed by atoms with Gasteiger partial charge in [-0.15, -0.1) is 0 Å². The lowest BCUT2D eigenvalue weighted by Crippen LogP contribution is -2.54. The Labute approximate surface area is 162 Å². The van der Waals surface area contributed by atoms with Crippen LogP contribution in [-0.2, 0) is 9.53 Å². The fourth-order valence-electron chi connectivity index (χ4n) is 4.25. The van der Waals surface area contributed by atoms with Crippen LogP contribution in [0.2, 0.25) is 0 Å². The lowest BCUT2D eigenvalue weighted by molar-refractivity contribution is -0.138. The molecule has 2 N–H and O–H groups in total. The van der Waals surface area contributed by atoms with Crippen LogP contribution in [0.3, 0.4) is 0 Å². The minimum atomic E-state index is -0.861. The predicted molar refractivity (Wildman–Crippen MR) is 104 cm³/mol. The van der Waals surface area contributed by atoms with E-state index in [9.17, 15) is 9.59 Å². The number of carbonyl (C=O) groups is 2. The molecule has 8 heteroatoms. The number of carbonyl (C=O) groups excluding carboxylic acids is 1. The van der Waals surface area contributed by atoms with Crippen molar-refractivity contribution in [2.45, 2.75) is 44.2 Å².